The van der Waals surface area contributed by atoms with Gasteiger partial charge in [-0.15, -0.1) is 11.6 Å². The van der Waals surface area contributed by atoms with Gasteiger partial charge in [0.1, 0.15) is 17.1 Å². The summed E-state index contributed by atoms with van der Waals surface area (Å²) in [5.74, 6) is -0.388. The second kappa shape index (κ2) is 2.63. The summed E-state index contributed by atoms with van der Waals surface area (Å²) in [5.41, 5.74) is -0.753. The molecule has 0 saturated carbocycles. The number of ether oxygens (including phenoxy) is 1. The highest BCUT2D eigenvalue weighted by Crippen LogP contribution is 2.46. The zero-order chi connectivity index (χ0) is 9.85. The molecule has 0 amide bonds. The summed E-state index contributed by atoms with van der Waals surface area (Å²) < 4.78 is 3.91. The standard InChI is InChI=1S/C8H7Cl3O2/c1-7-3-2-4(13-7)8(10,11)6(12)5(7)9/h2-5H,1H3/t4-,5+,7+/m1/s1. The van der Waals surface area contributed by atoms with E-state index in [4.69, 9.17) is 39.5 Å². The molecule has 1 fully saturated rings. The number of carbonyl (C=O) groups excluding carboxylic acids is 1. The molecule has 2 aliphatic rings. The molecule has 2 rings (SSSR count). The van der Waals surface area contributed by atoms with Gasteiger partial charge in [0.2, 0.25) is 4.33 Å². The van der Waals surface area contributed by atoms with Crippen LogP contribution in [0.15, 0.2) is 12.2 Å². The van der Waals surface area contributed by atoms with Crippen LogP contribution in [-0.2, 0) is 9.53 Å². The fourth-order valence-electron chi connectivity index (χ4n) is 1.54. The van der Waals surface area contributed by atoms with Gasteiger partial charge in [-0.1, -0.05) is 35.4 Å². The first-order valence-corrected chi connectivity index (χ1v) is 5.00. The maximum atomic E-state index is 11.6. The number of fused-ring (bicyclic) bond motifs is 2. The van der Waals surface area contributed by atoms with Gasteiger partial charge in [0, 0.05) is 0 Å². The van der Waals surface area contributed by atoms with Crippen molar-refractivity contribution in [1.82, 2.24) is 0 Å². The van der Waals surface area contributed by atoms with Gasteiger partial charge in [-0.05, 0) is 6.92 Å². The van der Waals surface area contributed by atoms with E-state index >= 15 is 0 Å². The van der Waals surface area contributed by atoms with Gasteiger partial charge >= 0.3 is 0 Å². The Morgan fingerprint density at radius 3 is 2.77 bits per heavy atom. The Labute approximate surface area is 90.8 Å². The van der Waals surface area contributed by atoms with E-state index in [-0.39, 0.29) is 5.78 Å². The molecule has 0 aromatic carbocycles. The van der Waals surface area contributed by atoms with Gasteiger partial charge in [-0.3, -0.25) is 4.79 Å². The Hall–Kier alpha value is 0.240. The number of ketones is 1. The third-order valence-corrected chi connectivity index (χ3v) is 3.84. The summed E-state index contributed by atoms with van der Waals surface area (Å²) in [4.78, 5) is 11.6. The molecule has 0 aromatic rings. The number of halogens is 3. The molecule has 2 bridgehead atoms. The molecular weight excluding hydrogens is 234 g/mol. The van der Waals surface area contributed by atoms with Crippen molar-refractivity contribution in [3.8, 4) is 0 Å². The smallest absolute Gasteiger partial charge is 0.206 e. The van der Waals surface area contributed by atoms with Crippen LogP contribution in [0.2, 0.25) is 0 Å². The lowest BCUT2D eigenvalue weighted by Crippen LogP contribution is -2.57. The van der Waals surface area contributed by atoms with Crippen LogP contribution >= 0.6 is 34.8 Å². The van der Waals surface area contributed by atoms with Crippen LogP contribution in [0.3, 0.4) is 0 Å². The van der Waals surface area contributed by atoms with Gasteiger partial charge in [0.15, 0.2) is 5.78 Å². The van der Waals surface area contributed by atoms with Gasteiger partial charge in [-0.25, -0.2) is 0 Å². The molecule has 0 spiro atoms. The van der Waals surface area contributed by atoms with Crippen molar-refractivity contribution in [2.75, 3.05) is 0 Å². The third kappa shape index (κ3) is 1.16. The lowest BCUT2D eigenvalue weighted by molar-refractivity contribution is -0.135. The minimum Gasteiger partial charge on any atom is -0.358 e. The summed E-state index contributed by atoms with van der Waals surface area (Å²) in [7, 11) is 0. The summed E-state index contributed by atoms with van der Waals surface area (Å²) >= 11 is 17.5. The zero-order valence-corrected chi connectivity index (χ0v) is 9.03. The van der Waals surface area contributed by atoms with E-state index in [1.807, 2.05) is 0 Å². The number of Topliss-reactive ketones (excluding diaryl/α,β-unsaturated/α-hetero) is 1. The predicted octanol–water partition coefficient (Wildman–Crippen LogP) is 2.06. The van der Waals surface area contributed by atoms with Gasteiger partial charge in [0.05, 0.1) is 0 Å². The Morgan fingerprint density at radius 1 is 1.54 bits per heavy atom. The van der Waals surface area contributed by atoms with E-state index in [1.54, 1.807) is 19.1 Å². The highest BCUT2D eigenvalue weighted by molar-refractivity contribution is 6.62. The van der Waals surface area contributed by atoms with Crippen LogP contribution in [0.25, 0.3) is 0 Å². The van der Waals surface area contributed by atoms with Crippen LogP contribution in [0.4, 0.5) is 0 Å². The lowest BCUT2D eigenvalue weighted by atomic mass is 9.96. The molecule has 72 valence electrons. The van der Waals surface area contributed by atoms with Gasteiger partial charge in [0.25, 0.3) is 0 Å². The highest BCUT2D eigenvalue weighted by atomic mass is 35.5. The molecule has 1 saturated heterocycles. The Morgan fingerprint density at radius 2 is 2.15 bits per heavy atom. The third-order valence-electron chi connectivity index (χ3n) is 2.40. The van der Waals surface area contributed by atoms with Crippen LogP contribution in [-0.4, -0.2) is 27.2 Å². The lowest BCUT2D eigenvalue weighted by Gasteiger charge is -2.39. The molecule has 0 aliphatic carbocycles. The number of hydrogen-bond acceptors (Lipinski definition) is 2. The molecule has 0 unspecified atom stereocenters. The topological polar surface area (TPSA) is 26.3 Å². The predicted molar refractivity (Wildman–Crippen MR) is 51.5 cm³/mol. The first-order chi connectivity index (χ1) is 5.88. The average molecular weight is 242 g/mol. The van der Waals surface area contributed by atoms with Crippen molar-refractivity contribution in [3.05, 3.63) is 12.2 Å². The van der Waals surface area contributed by atoms with Crippen molar-refractivity contribution < 1.29 is 9.53 Å². The summed E-state index contributed by atoms with van der Waals surface area (Å²) in [6.45, 7) is 1.74. The Bertz CT molecular complexity index is 300. The van der Waals surface area contributed by atoms with E-state index in [1.165, 1.54) is 0 Å². The van der Waals surface area contributed by atoms with Gasteiger partial charge < -0.3 is 4.74 Å². The van der Waals surface area contributed by atoms with Crippen molar-refractivity contribution in [2.24, 2.45) is 0 Å². The maximum absolute atomic E-state index is 11.6. The molecule has 3 atom stereocenters. The van der Waals surface area contributed by atoms with E-state index in [2.05, 4.69) is 0 Å². The minimum absolute atomic E-state index is 0.388. The largest absolute Gasteiger partial charge is 0.358 e. The number of rotatable bonds is 0. The first kappa shape index (κ1) is 9.78. The van der Waals surface area contributed by atoms with Crippen LogP contribution in [0.5, 0.6) is 0 Å². The fourth-order valence-corrected chi connectivity index (χ4v) is 2.40. The molecule has 13 heavy (non-hydrogen) atoms. The van der Waals surface area contributed by atoms with E-state index in [9.17, 15) is 4.79 Å². The van der Waals surface area contributed by atoms with Gasteiger partial charge in [-0.2, -0.15) is 0 Å². The number of carbonyl (C=O) groups is 1. The number of alkyl halides is 3. The first-order valence-electron chi connectivity index (χ1n) is 3.81. The summed E-state index contributed by atoms with van der Waals surface area (Å²) in [5, 5.41) is -0.822. The summed E-state index contributed by atoms with van der Waals surface area (Å²) in [6.07, 6.45) is 2.84. The second-order valence-electron chi connectivity index (χ2n) is 3.43. The van der Waals surface area contributed by atoms with E-state index in [0.717, 1.165) is 0 Å². The monoisotopic (exact) mass is 240 g/mol. The highest BCUT2D eigenvalue weighted by Gasteiger charge is 2.59. The van der Waals surface area contributed by atoms with Crippen LogP contribution in [0.1, 0.15) is 6.92 Å². The normalized spacial score (nSPS) is 46.9. The van der Waals surface area contributed by atoms with Crippen LogP contribution in [0, 0.1) is 0 Å². The minimum atomic E-state index is -1.54. The summed E-state index contributed by atoms with van der Waals surface area (Å²) in [6, 6.07) is 0. The van der Waals surface area contributed by atoms with Crippen molar-refractivity contribution in [3.63, 3.8) is 0 Å². The fraction of sp³-hybridized carbons (Fsp3) is 0.625. The average Bonchev–Trinajstić information content (AvgIpc) is 2.43. The molecule has 2 aliphatic heterocycles. The molecule has 2 nitrogen and oxygen atoms in total. The molecular formula is C8H7Cl3O2. The quantitative estimate of drug-likeness (QED) is 0.479. The maximum Gasteiger partial charge on any atom is 0.206 e. The second-order valence-corrected chi connectivity index (χ2v) is 5.25. The number of hydrogen-bond donors (Lipinski definition) is 0. The molecule has 5 heteroatoms. The molecule has 0 N–H and O–H groups in total. The van der Waals surface area contributed by atoms with Crippen LogP contribution < -0.4 is 0 Å². The van der Waals surface area contributed by atoms with Crippen molar-refractivity contribution >= 4 is 40.6 Å². The molecule has 0 aromatic heterocycles. The Balaban J connectivity index is 2.45. The Kier molecular flexibility index (Phi) is 1.98. The van der Waals surface area contributed by atoms with Crippen molar-refractivity contribution in [2.45, 2.75) is 28.3 Å². The van der Waals surface area contributed by atoms with Crippen molar-refractivity contribution in [1.29, 1.82) is 0 Å². The molecule has 0 radical (unpaired) electrons. The SMILES string of the molecule is C[C@@]12C=C[C@@H](O1)C(Cl)(Cl)C(=O)[C@@H]2Cl. The zero-order valence-electron chi connectivity index (χ0n) is 6.76. The van der Waals surface area contributed by atoms with E-state index in [0.29, 0.717) is 0 Å². The van der Waals surface area contributed by atoms with E-state index < -0.39 is 21.4 Å². The molecule has 2 heterocycles.